The van der Waals surface area contributed by atoms with Gasteiger partial charge in [-0.25, -0.2) is 4.39 Å². The van der Waals surface area contributed by atoms with Crippen molar-refractivity contribution in [2.24, 2.45) is 0 Å². The van der Waals surface area contributed by atoms with E-state index in [1.54, 1.807) is 45.0 Å². The van der Waals surface area contributed by atoms with Crippen LogP contribution in [-0.4, -0.2) is 46.3 Å². The number of methoxy groups -OCH3 is 1. The van der Waals surface area contributed by atoms with Crippen molar-refractivity contribution in [1.82, 2.24) is 15.0 Å². The number of hydrogen-bond donors (Lipinski definition) is 0. The summed E-state index contributed by atoms with van der Waals surface area (Å²) in [6, 6.07) is 18.9. The van der Waals surface area contributed by atoms with Gasteiger partial charge in [-0.05, 0) is 89.0 Å². The molecule has 0 aliphatic heterocycles. The Bertz CT molecular complexity index is 1540. The van der Waals surface area contributed by atoms with Crippen LogP contribution in [0.3, 0.4) is 0 Å². The zero-order chi connectivity index (χ0) is 29.9. The van der Waals surface area contributed by atoms with Crippen LogP contribution in [-0.2, 0) is 27.4 Å². The minimum absolute atomic E-state index is 0.214. The van der Waals surface area contributed by atoms with E-state index in [9.17, 15) is 4.79 Å². The van der Waals surface area contributed by atoms with Gasteiger partial charge in [0.1, 0.15) is 17.0 Å². The van der Waals surface area contributed by atoms with Gasteiger partial charge in [0.15, 0.2) is 0 Å². The highest BCUT2D eigenvalue weighted by Gasteiger charge is 2.36. The summed E-state index contributed by atoms with van der Waals surface area (Å²) in [4.78, 5) is 19.0. The molecule has 7 nitrogen and oxygen atoms in total. The Morgan fingerprint density at radius 1 is 0.951 bits per heavy atom. The van der Waals surface area contributed by atoms with E-state index in [1.165, 1.54) is 11.6 Å². The van der Waals surface area contributed by atoms with Crippen LogP contribution in [0.4, 0.5) is 4.39 Å². The Morgan fingerprint density at radius 2 is 1.66 bits per heavy atom. The molecule has 0 saturated carbocycles. The number of carbonyl (C=O) groups excluding carboxylic acids is 1. The first-order valence-electron chi connectivity index (χ1n) is 13.6. The highest BCUT2D eigenvalue weighted by atomic mass is 19.1. The van der Waals surface area contributed by atoms with Crippen molar-refractivity contribution in [3.8, 4) is 34.0 Å². The van der Waals surface area contributed by atoms with Crippen LogP contribution in [0.5, 0.6) is 0 Å². The smallest absolute Gasteiger partial charge is 0.326 e. The normalized spacial score (nSPS) is 12.1. The molecule has 1 heterocycles. The van der Waals surface area contributed by atoms with Gasteiger partial charge >= 0.3 is 5.97 Å². The number of aromatic nitrogens is 2. The largest absolute Gasteiger partial charge is 0.459 e. The lowest BCUT2D eigenvalue weighted by molar-refractivity contribution is -0.167. The van der Waals surface area contributed by atoms with Gasteiger partial charge in [-0.3, -0.25) is 9.69 Å². The monoisotopic (exact) mass is 559 g/mol. The molecule has 0 bridgehead atoms. The molecule has 0 saturated heterocycles. The number of carbonyl (C=O) groups is 1. The van der Waals surface area contributed by atoms with Gasteiger partial charge in [-0.1, -0.05) is 47.6 Å². The summed E-state index contributed by atoms with van der Waals surface area (Å²) in [6.45, 7) is 11.7. The maximum atomic E-state index is 15.2. The fourth-order valence-electron chi connectivity index (χ4n) is 4.42. The van der Waals surface area contributed by atoms with E-state index in [4.69, 9.17) is 14.0 Å². The van der Waals surface area contributed by atoms with Crippen LogP contribution in [0.1, 0.15) is 51.3 Å². The number of benzene rings is 3. The van der Waals surface area contributed by atoms with Crippen LogP contribution in [0, 0.1) is 12.7 Å². The zero-order valence-electron chi connectivity index (χ0n) is 25.0. The minimum Gasteiger partial charge on any atom is -0.459 e. The molecule has 4 aromatic rings. The summed E-state index contributed by atoms with van der Waals surface area (Å²) < 4.78 is 31.8. The third kappa shape index (κ3) is 6.89. The molecule has 0 fully saturated rings. The second kappa shape index (κ2) is 11.9. The number of esters is 1. The van der Waals surface area contributed by atoms with Crippen LogP contribution >= 0.6 is 0 Å². The number of hydrogen-bond acceptors (Lipinski definition) is 7. The topological polar surface area (TPSA) is 77.7 Å². The first-order valence-corrected chi connectivity index (χ1v) is 13.6. The van der Waals surface area contributed by atoms with Crippen molar-refractivity contribution in [2.75, 3.05) is 14.2 Å². The molecule has 0 atom stereocenters. The summed E-state index contributed by atoms with van der Waals surface area (Å²) in [5, 5.41) is 4.11. The Balaban J connectivity index is 1.54. The van der Waals surface area contributed by atoms with Crippen molar-refractivity contribution in [3.63, 3.8) is 0 Å². The summed E-state index contributed by atoms with van der Waals surface area (Å²) in [7, 11) is 3.43. The van der Waals surface area contributed by atoms with E-state index >= 15 is 4.39 Å². The van der Waals surface area contributed by atoms with E-state index in [0.717, 1.165) is 22.3 Å². The van der Waals surface area contributed by atoms with E-state index in [1.807, 2.05) is 51.1 Å². The molecule has 41 heavy (non-hydrogen) atoms. The van der Waals surface area contributed by atoms with Crippen molar-refractivity contribution < 1.29 is 23.2 Å². The fraction of sp³-hybridized carbons (Fsp3) is 0.364. The summed E-state index contributed by atoms with van der Waals surface area (Å²) in [5.41, 5.74) is 4.49. The van der Waals surface area contributed by atoms with Gasteiger partial charge in [0.25, 0.3) is 5.89 Å². The number of ether oxygens (including phenoxy) is 2. The molecule has 0 N–H and O–H groups in total. The average molecular weight is 560 g/mol. The molecule has 0 amide bonds. The second-order valence-corrected chi connectivity index (χ2v) is 11.8. The maximum absolute atomic E-state index is 15.2. The predicted octanol–water partition coefficient (Wildman–Crippen LogP) is 7.22. The van der Waals surface area contributed by atoms with E-state index in [-0.39, 0.29) is 18.3 Å². The summed E-state index contributed by atoms with van der Waals surface area (Å²) in [6.07, 6.45) is 0. The number of aryl methyl sites for hydroxylation is 1. The van der Waals surface area contributed by atoms with E-state index in [0.29, 0.717) is 23.6 Å². The van der Waals surface area contributed by atoms with Gasteiger partial charge in [-0.15, -0.1) is 0 Å². The average Bonchev–Trinajstić information content (AvgIpc) is 3.40. The Hall–Kier alpha value is -3.88. The highest BCUT2D eigenvalue weighted by molar-refractivity contribution is 5.80. The number of halogens is 1. The molecule has 216 valence electrons. The lowest BCUT2D eigenvalue weighted by Gasteiger charge is -2.35. The second-order valence-electron chi connectivity index (χ2n) is 11.8. The fourth-order valence-corrected chi connectivity index (χ4v) is 4.42. The number of nitrogens with zero attached hydrogens (tertiary/aromatic N) is 3. The maximum Gasteiger partial charge on any atom is 0.326 e. The molecule has 3 aromatic carbocycles. The molecule has 0 aliphatic rings. The zero-order valence-corrected chi connectivity index (χ0v) is 25.0. The van der Waals surface area contributed by atoms with Crippen LogP contribution < -0.4 is 0 Å². The van der Waals surface area contributed by atoms with E-state index in [2.05, 4.69) is 29.2 Å². The molecule has 0 aliphatic carbocycles. The van der Waals surface area contributed by atoms with Crippen molar-refractivity contribution in [2.45, 2.75) is 65.8 Å². The van der Waals surface area contributed by atoms with Gasteiger partial charge < -0.3 is 14.0 Å². The standard InChI is InChI=1S/C33H38FN3O4/c1-21-11-9-10-12-26(21)27-16-15-23(17-25(27)20-39-8)30-35-29(36-41-30)22-13-14-24(28(34)18-22)19-37(7)33(5,6)31(38)40-32(2,3)4/h9-18H,19-20H2,1-8H3. The number of likely N-dealkylation sites (N-methyl/N-ethyl adjacent to an activating group) is 1. The quantitative estimate of drug-likeness (QED) is 0.200. The molecule has 0 spiro atoms. The first-order chi connectivity index (χ1) is 19.3. The summed E-state index contributed by atoms with van der Waals surface area (Å²) >= 11 is 0. The highest BCUT2D eigenvalue weighted by Crippen LogP contribution is 2.32. The minimum atomic E-state index is -0.947. The Kier molecular flexibility index (Phi) is 8.75. The molecular formula is C33H38FN3O4. The predicted molar refractivity (Wildman–Crippen MR) is 157 cm³/mol. The molecule has 1 aromatic heterocycles. The Morgan fingerprint density at radius 3 is 2.32 bits per heavy atom. The summed E-state index contributed by atoms with van der Waals surface area (Å²) in [5.74, 6) is -0.184. The van der Waals surface area contributed by atoms with Crippen molar-refractivity contribution >= 4 is 5.97 Å². The van der Waals surface area contributed by atoms with Gasteiger partial charge in [0.05, 0.1) is 6.61 Å². The van der Waals surface area contributed by atoms with Crippen LogP contribution in [0.2, 0.25) is 0 Å². The molecular weight excluding hydrogens is 521 g/mol. The SMILES string of the molecule is COCc1cc(-c2nc(-c3ccc(CN(C)C(C)(C)C(=O)OC(C)(C)C)c(F)c3)no2)ccc1-c1ccccc1C. The van der Waals surface area contributed by atoms with Crippen LogP contribution in [0.15, 0.2) is 65.2 Å². The molecule has 0 unspecified atom stereocenters. The van der Waals surface area contributed by atoms with Crippen molar-refractivity contribution in [1.29, 1.82) is 0 Å². The van der Waals surface area contributed by atoms with Crippen LogP contribution in [0.25, 0.3) is 34.0 Å². The third-order valence-electron chi connectivity index (χ3n) is 7.08. The molecule has 0 radical (unpaired) electrons. The number of rotatable bonds is 9. The van der Waals surface area contributed by atoms with Gasteiger partial charge in [0, 0.05) is 30.3 Å². The third-order valence-corrected chi connectivity index (χ3v) is 7.08. The Labute approximate surface area is 241 Å². The van der Waals surface area contributed by atoms with Gasteiger partial charge in [0.2, 0.25) is 5.82 Å². The lowest BCUT2D eigenvalue weighted by Crippen LogP contribution is -2.50. The van der Waals surface area contributed by atoms with Crippen molar-refractivity contribution in [3.05, 3.63) is 83.2 Å². The molecule has 8 heteroatoms. The lowest BCUT2D eigenvalue weighted by atomic mass is 9.94. The van der Waals surface area contributed by atoms with Gasteiger partial charge in [-0.2, -0.15) is 4.98 Å². The van der Waals surface area contributed by atoms with E-state index < -0.39 is 17.0 Å². The first kappa shape index (κ1) is 30.1. The molecule has 4 rings (SSSR count).